The lowest BCUT2D eigenvalue weighted by Gasteiger charge is -2.15. The van der Waals surface area contributed by atoms with Crippen LogP contribution in [0.1, 0.15) is 39.2 Å². The van der Waals surface area contributed by atoms with Gasteiger partial charge in [0.25, 0.3) is 5.91 Å². The van der Waals surface area contributed by atoms with Gasteiger partial charge in [0.15, 0.2) is 0 Å². The third kappa shape index (κ3) is 4.73. The highest BCUT2D eigenvalue weighted by Crippen LogP contribution is 2.19. The molecule has 2 N–H and O–H groups in total. The number of aromatic nitrogens is 1. The lowest BCUT2D eigenvalue weighted by atomic mass is 10.1. The number of esters is 1. The molecule has 0 aliphatic carbocycles. The zero-order chi connectivity index (χ0) is 19.9. The molecule has 0 radical (unpaired) electrons. The first-order valence-electron chi connectivity index (χ1n) is 8.84. The maximum atomic E-state index is 12.5. The Hall–Kier alpha value is -3.67. The first-order chi connectivity index (χ1) is 13.6. The number of amides is 1. The van der Waals surface area contributed by atoms with Crippen molar-refractivity contribution >= 4 is 23.4 Å². The van der Waals surface area contributed by atoms with Crippen LogP contribution < -0.4 is 10.6 Å². The number of carbonyl (C=O) groups excluding carboxylic acids is 2. The summed E-state index contributed by atoms with van der Waals surface area (Å²) >= 11 is 0. The van der Waals surface area contributed by atoms with Crippen molar-refractivity contribution in [2.75, 3.05) is 17.7 Å². The van der Waals surface area contributed by atoms with Gasteiger partial charge in [-0.05, 0) is 48.9 Å². The summed E-state index contributed by atoms with van der Waals surface area (Å²) in [5.74, 6) is -0.0658. The Balaban J connectivity index is 1.67. The number of benzene rings is 2. The van der Waals surface area contributed by atoms with Crippen LogP contribution in [0.3, 0.4) is 0 Å². The molecule has 6 heteroatoms. The largest absolute Gasteiger partial charge is 0.465 e. The molecule has 0 spiro atoms. The van der Waals surface area contributed by atoms with Gasteiger partial charge in [0.05, 0.1) is 12.7 Å². The van der Waals surface area contributed by atoms with Crippen LogP contribution in [0.2, 0.25) is 0 Å². The molecule has 1 amide bonds. The van der Waals surface area contributed by atoms with Crippen LogP contribution in [-0.4, -0.2) is 24.0 Å². The van der Waals surface area contributed by atoms with Gasteiger partial charge in [0.2, 0.25) is 0 Å². The summed E-state index contributed by atoms with van der Waals surface area (Å²) in [6.45, 7) is 2.03. The fraction of sp³-hybridized carbons (Fsp3) is 0.136. The Morgan fingerprint density at radius 2 is 1.68 bits per heavy atom. The molecule has 0 bridgehead atoms. The zero-order valence-corrected chi connectivity index (χ0v) is 15.7. The maximum absolute atomic E-state index is 12.5. The van der Waals surface area contributed by atoms with Crippen LogP contribution in [0, 0.1) is 0 Å². The van der Waals surface area contributed by atoms with E-state index in [1.165, 1.54) is 7.11 Å². The van der Waals surface area contributed by atoms with E-state index in [0.29, 0.717) is 22.6 Å². The molecule has 1 aromatic heterocycles. The van der Waals surface area contributed by atoms with E-state index in [4.69, 9.17) is 0 Å². The number of hydrogen-bond donors (Lipinski definition) is 2. The molecule has 3 rings (SSSR count). The highest BCUT2D eigenvalue weighted by molar-refractivity contribution is 6.04. The number of ether oxygens (including phenoxy) is 1. The number of hydrogen-bond acceptors (Lipinski definition) is 5. The quantitative estimate of drug-likeness (QED) is 0.628. The monoisotopic (exact) mass is 375 g/mol. The van der Waals surface area contributed by atoms with Crippen LogP contribution in [0.5, 0.6) is 0 Å². The molecule has 142 valence electrons. The van der Waals surface area contributed by atoms with Crippen LogP contribution >= 0.6 is 0 Å². The van der Waals surface area contributed by atoms with Crippen molar-refractivity contribution in [3.8, 4) is 0 Å². The van der Waals surface area contributed by atoms with Crippen LogP contribution in [0.4, 0.5) is 11.5 Å². The molecule has 0 fully saturated rings. The van der Waals surface area contributed by atoms with E-state index in [2.05, 4.69) is 20.4 Å². The Morgan fingerprint density at radius 3 is 2.36 bits per heavy atom. The van der Waals surface area contributed by atoms with Gasteiger partial charge in [-0.25, -0.2) is 9.78 Å². The fourth-order valence-corrected chi connectivity index (χ4v) is 2.71. The average molecular weight is 375 g/mol. The van der Waals surface area contributed by atoms with Gasteiger partial charge >= 0.3 is 5.97 Å². The topological polar surface area (TPSA) is 80.3 Å². The number of nitrogens with one attached hydrogen (secondary N) is 2. The summed E-state index contributed by atoms with van der Waals surface area (Å²) in [7, 11) is 1.33. The van der Waals surface area contributed by atoms with Crippen molar-refractivity contribution in [1.29, 1.82) is 0 Å². The Kier molecular flexibility index (Phi) is 6.01. The third-order valence-electron chi connectivity index (χ3n) is 4.25. The molecule has 0 aliphatic rings. The minimum Gasteiger partial charge on any atom is -0.465 e. The Bertz CT molecular complexity index is 956. The SMILES string of the molecule is COC(=O)c1ccc(NC(=O)c2ccnc(NC(C)c3ccccc3)c2)cc1. The molecule has 0 aliphatic heterocycles. The van der Waals surface area contributed by atoms with Crippen molar-refractivity contribution in [1.82, 2.24) is 4.98 Å². The first-order valence-corrected chi connectivity index (χ1v) is 8.84. The third-order valence-corrected chi connectivity index (χ3v) is 4.25. The molecule has 1 heterocycles. The van der Waals surface area contributed by atoms with Gasteiger partial charge in [-0.2, -0.15) is 0 Å². The van der Waals surface area contributed by atoms with Crippen LogP contribution in [0.15, 0.2) is 72.9 Å². The molecular formula is C22H21N3O3. The summed E-state index contributed by atoms with van der Waals surface area (Å²) in [6, 6.07) is 19.9. The Morgan fingerprint density at radius 1 is 0.964 bits per heavy atom. The van der Waals surface area contributed by atoms with E-state index in [-0.39, 0.29) is 11.9 Å². The summed E-state index contributed by atoms with van der Waals surface area (Å²) in [6.07, 6.45) is 1.59. The second-order valence-electron chi connectivity index (χ2n) is 6.23. The van der Waals surface area contributed by atoms with Gasteiger partial charge in [-0.15, -0.1) is 0 Å². The highest BCUT2D eigenvalue weighted by atomic mass is 16.5. The van der Waals surface area contributed by atoms with E-state index in [1.807, 2.05) is 37.3 Å². The van der Waals surface area contributed by atoms with Crippen molar-refractivity contribution in [2.24, 2.45) is 0 Å². The van der Waals surface area contributed by atoms with E-state index in [9.17, 15) is 9.59 Å². The van der Waals surface area contributed by atoms with Gasteiger partial charge < -0.3 is 15.4 Å². The van der Waals surface area contributed by atoms with Gasteiger partial charge in [-0.1, -0.05) is 30.3 Å². The lowest BCUT2D eigenvalue weighted by Crippen LogP contribution is -2.14. The van der Waals surface area contributed by atoms with Gasteiger partial charge in [-0.3, -0.25) is 4.79 Å². The normalized spacial score (nSPS) is 11.4. The minimum absolute atomic E-state index is 0.0536. The number of pyridine rings is 1. The second kappa shape index (κ2) is 8.81. The Labute approximate surface area is 163 Å². The second-order valence-corrected chi connectivity index (χ2v) is 6.23. The van der Waals surface area contributed by atoms with Crippen molar-refractivity contribution in [3.05, 3.63) is 89.6 Å². The molecule has 6 nitrogen and oxygen atoms in total. The number of anilines is 2. The van der Waals surface area contributed by atoms with E-state index in [1.54, 1.807) is 42.6 Å². The lowest BCUT2D eigenvalue weighted by molar-refractivity contribution is 0.0600. The predicted molar refractivity (Wildman–Crippen MR) is 108 cm³/mol. The van der Waals surface area contributed by atoms with Gasteiger partial charge in [0.1, 0.15) is 5.82 Å². The zero-order valence-electron chi connectivity index (χ0n) is 15.7. The number of carbonyl (C=O) groups is 2. The molecule has 28 heavy (non-hydrogen) atoms. The van der Waals surface area contributed by atoms with Crippen LogP contribution in [0.25, 0.3) is 0 Å². The first kappa shape index (κ1) is 19.1. The van der Waals surface area contributed by atoms with E-state index < -0.39 is 5.97 Å². The smallest absolute Gasteiger partial charge is 0.337 e. The number of nitrogens with zero attached hydrogens (tertiary/aromatic N) is 1. The molecule has 3 aromatic rings. The average Bonchev–Trinajstić information content (AvgIpc) is 2.74. The number of rotatable bonds is 6. The van der Waals surface area contributed by atoms with Crippen molar-refractivity contribution in [2.45, 2.75) is 13.0 Å². The van der Waals surface area contributed by atoms with Gasteiger partial charge in [0, 0.05) is 23.5 Å². The summed E-state index contributed by atoms with van der Waals surface area (Å²) in [5, 5.41) is 6.11. The summed E-state index contributed by atoms with van der Waals surface area (Å²) in [4.78, 5) is 28.3. The van der Waals surface area contributed by atoms with Crippen molar-refractivity contribution < 1.29 is 14.3 Å². The molecule has 0 saturated heterocycles. The molecule has 1 unspecified atom stereocenters. The summed E-state index contributed by atoms with van der Waals surface area (Å²) in [5.41, 5.74) is 2.62. The molecule has 1 atom stereocenters. The molecule has 0 saturated carbocycles. The highest BCUT2D eigenvalue weighted by Gasteiger charge is 2.11. The minimum atomic E-state index is -0.421. The van der Waals surface area contributed by atoms with Crippen LogP contribution in [-0.2, 0) is 4.74 Å². The number of methoxy groups -OCH3 is 1. The summed E-state index contributed by atoms with van der Waals surface area (Å²) < 4.78 is 4.66. The molecular weight excluding hydrogens is 354 g/mol. The maximum Gasteiger partial charge on any atom is 0.337 e. The van der Waals surface area contributed by atoms with E-state index in [0.717, 1.165) is 5.56 Å². The fourth-order valence-electron chi connectivity index (χ4n) is 2.71. The standard InChI is InChI=1S/C22H21N3O3/c1-15(16-6-4-3-5-7-16)24-20-14-18(12-13-23-20)21(26)25-19-10-8-17(9-11-19)22(27)28-2/h3-15H,1-2H3,(H,23,24)(H,25,26). The molecule has 2 aromatic carbocycles. The van der Waals surface area contributed by atoms with Crippen molar-refractivity contribution in [3.63, 3.8) is 0 Å². The predicted octanol–water partition coefficient (Wildman–Crippen LogP) is 4.29. The van der Waals surface area contributed by atoms with E-state index >= 15 is 0 Å².